The molecule has 2 N–H and O–H groups in total. The highest BCUT2D eigenvalue weighted by atomic mass is 35.5. The largest absolute Gasteiger partial charge is 0.336 e. The SMILES string of the molecule is CC(NS(=O)(=O)c1ccc(Cl)cc1)C(=O)Nc1ccc(C(=O)N2CCN(C)CC2)cc1. The number of halogens is 1. The van der Waals surface area contributed by atoms with Gasteiger partial charge in [-0.3, -0.25) is 9.59 Å². The van der Waals surface area contributed by atoms with Crippen molar-refractivity contribution in [3.63, 3.8) is 0 Å². The Morgan fingerprint density at radius 1 is 0.968 bits per heavy atom. The fraction of sp³-hybridized carbons (Fsp3) is 0.333. The van der Waals surface area contributed by atoms with Crippen molar-refractivity contribution in [2.75, 3.05) is 38.5 Å². The Labute approximate surface area is 187 Å². The van der Waals surface area contributed by atoms with Crippen molar-refractivity contribution in [2.24, 2.45) is 0 Å². The smallest absolute Gasteiger partial charge is 0.253 e. The number of anilines is 1. The summed E-state index contributed by atoms with van der Waals surface area (Å²) in [4.78, 5) is 29.0. The van der Waals surface area contributed by atoms with Gasteiger partial charge in [0.1, 0.15) is 0 Å². The van der Waals surface area contributed by atoms with Crippen molar-refractivity contribution in [2.45, 2.75) is 17.9 Å². The third kappa shape index (κ3) is 6.04. The van der Waals surface area contributed by atoms with Crippen molar-refractivity contribution in [1.29, 1.82) is 0 Å². The maximum atomic E-state index is 12.6. The van der Waals surface area contributed by atoms with Gasteiger partial charge in [0.05, 0.1) is 10.9 Å². The number of nitrogens with zero attached hydrogens (tertiary/aromatic N) is 2. The van der Waals surface area contributed by atoms with Crippen molar-refractivity contribution in [1.82, 2.24) is 14.5 Å². The first kappa shape index (κ1) is 23.2. The summed E-state index contributed by atoms with van der Waals surface area (Å²) in [5.41, 5.74) is 1.01. The van der Waals surface area contributed by atoms with Gasteiger partial charge in [-0.15, -0.1) is 0 Å². The standard InChI is InChI=1S/C21H25ClN4O4S/c1-15(24-31(29,30)19-9-5-17(22)6-10-19)20(27)23-18-7-3-16(4-8-18)21(28)26-13-11-25(2)12-14-26/h3-10,15,24H,11-14H2,1-2H3,(H,23,27). The van der Waals surface area contributed by atoms with E-state index in [1.807, 2.05) is 7.05 Å². The molecule has 1 saturated heterocycles. The predicted molar refractivity (Wildman–Crippen MR) is 120 cm³/mol. The van der Waals surface area contributed by atoms with Gasteiger partial charge in [0.2, 0.25) is 15.9 Å². The first-order valence-corrected chi connectivity index (χ1v) is 11.7. The fourth-order valence-corrected chi connectivity index (χ4v) is 4.44. The third-order valence-electron chi connectivity index (χ3n) is 5.04. The molecule has 2 aromatic carbocycles. The first-order chi connectivity index (χ1) is 14.7. The van der Waals surface area contributed by atoms with E-state index in [-0.39, 0.29) is 10.8 Å². The molecule has 166 valence electrons. The molecule has 0 radical (unpaired) electrons. The summed E-state index contributed by atoms with van der Waals surface area (Å²) < 4.78 is 27.2. The Hall–Kier alpha value is -2.46. The van der Waals surface area contributed by atoms with Crippen LogP contribution in [0.3, 0.4) is 0 Å². The molecule has 1 aliphatic rings. The van der Waals surface area contributed by atoms with Crippen LogP contribution in [-0.2, 0) is 14.8 Å². The number of benzene rings is 2. The molecule has 0 bridgehead atoms. The lowest BCUT2D eigenvalue weighted by atomic mass is 10.1. The Morgan fingerprint density at radius 2 is 1.55 bits per heavy atom. The van der Waals surface area contributed by atoms with E-state index in [0.29, 0.717) is 29.4 Å². The molecule has 3 rings (SSSR count). The Kier molecular flexibility index (Phi) is 7.32. The number of rotatable bonds is 6. The van der Waals surface area contributed by atoms with Gasteiger partial charge in [-0.05, 0) is 62.5 Å². The van der Waals surface area contributed by atoms with Crippen LogP contribution in [-0.4, -0.2) is 69.3 Å². The third-order valence-corrected chi connectivity index (χ3v) is 6.85. The number of amides is 2. The summed E-state index contributed by atoms with van der Waals surface area (Å²) in [5.74, 6) is -0.564. The molecule has 1 fully saturated rings. The quantitative estimate of drug-likeness (QED) is 0.681. The van der Waals surface area contributed by atoms with E-state index in [4.69, 9.17) is 11.6 Å². The molecule has 8 nitrogen and oxygen atoms in total. The lowest BCUT2D eigenvalue weighted by molar-refractivity contribution is -0.117. The topological polar surface area (TPSA) is 98.8 Å². The maximum Gasteiger partial charge on any atom is 0.253 e. The van der Waals surface area contributed by atoms with E-state index in [0.717, 1.165) is 13.1 Å². The van der Waals surface area contributed by atoms with Crippen molar-refractivity contribution in [3.8, 4) is 0 Å². The second-order valence-corrected chi connectivity index (χ2v) is 9.61. The van der Waals surface area contributed by atoms with Crippen LogP contribution in [0.15, 0.2) is 53.4 Å². The Balaban J connectivity index is 1.58. The second-order valence-electron chi connectivity index (χ2n) is 7.46. The van der Waals surface area contributed by atoms with Gasteiger partial charge in [-0.2, -0.15) is 4.72 Å². The molecule has 2 amide bonds. The molecule has 0 aliphatic carbocycles. The van der Waals surface area contributed by atoms with Crippen LogP contribution < -0.4 is 10.0 Å². The molecule has 0 saturated carbocycles. The molecule has 0 aromatic heterocycles. The highest BCUT2D eigenvalue weighted by molar-refractivity contribution is 7.89. The zero-order valence-corrected chi connectivity index (χ0v) is 18.9. The van der Waals surface area contributed by atoms with Crippen LogP contribution in [0, 0.1) is 0 Å². The highest BCUT2D eigenvalue weighted by Crippen LogP contribution is 2.16. The number of likely N-dealkylation sites (N-methyl/N-ethyl adjacent to an activating group) is 1. The number of carbonyl (C=O) groups is 2. The van der Waals surface area contributed by atoms with Crippen LogP contribution >= 0.6 is 11.6 Å². The second kappa shape index (κ2) is 9.78. The van der Waals surface area contributed by atoms with Crippen LogP contribution in [0.25, 0.3) is 0 Å². The van der Waals surface area contributed by atoms with Crippen LogP contribution in [0.4, 0.5) is 5.69 Å². The molecular formula is C21H25ClN4O4S. The monoisotopic (exact) mass is 464 g/mol. The summed E-state index contributed by atoms with van der Waals surface area (Å²) in [6.45, 7) is 4.49. The zero-order valence-electron chi connectivity index (χ0n) is 17.3. The maximum absolute atomic E-state index is 12.6. The molecule has 0 spiro atoms. The van der Waals surface area contributed by atoms with E-state index in [1.165, 1.54) is 31.2 Å². The molecule has 31 heavy (non-hydrogen) atoms. The van der Waals surface area contributed by atoms with Crippen molar-refractivity contribution >= 4 is 39.1 Å². The lowest BCUT2D eigenvalue weighted by Crippen LogP contribution is -2.47. The van der Waals surface area contributed by atoms with Crippen LogP contribution in [0.5, 0.6) is 0 Å². The normalized spacial score (nSPS) is 16.0. The fourth-order valence-electron chi connectivity index (χ4n) is 3.11. The molecule has 1 heterocycles. The van der Waals surface area contributed by atoms with Crippen molar-refractivity contribution in [3.05, 3.63) is 59.1 Å². The average molecular weight is 465 g/mol. The van der Waals surface area contributed by atoms with Gasteiger partial charge >= 0.3 is 0 Å². The zero-order chi connectivity index (χ0) is 22.6. The van der Waals surface area contributed by atoms with E-state index >= 15 is 0 Å². The summed E-state index contributed by atoms with van der Waals surface area (Å²) in [6, 6.07) is 11.2. The Bertz CT molecular complexity index is 1030. The van der Waals surface area contributed by atoms with Crippen LogP contribution in [0.2, 0.25) is 5.02 Å². The molecule has 1 aliphatic heterocycles. The minimum absolute atomic E-state index is 0.0170. The summed E-state index contributed by atoms with van der Waals surface area (Å²) >= 11 is 5.78. The Morgan fingerprint density at radius 3 is 2.13 bits per heavy atom. The summed E-state index contributed by atoms with van der Waals surface area (Å²) in [6.07, 6.45) is 0. The lowest BCUT2D eigenvalue weighted by Gasteiger charge is -2.32. The first-order valence-electron chi connectivity index (χ1n) is 9.82. The van der Waals surface area contributed by atoms with Gasteiger partial charge in [-0.25, -0.2) is 8.42 Å². The molecule has 1 unspecified atom stereocenters. The predicted octanol–water partition coefficient (Wildman–Crippen LogP) is 2.03. The molecule has 2 aromatic rings. The highest BCUT2D eigenvalue weighted by Gasteiger charge is 2.23. The number of piperazine rings is 1. The summed E-state index contributed by atoms with van der Waals surface area (Å²) in [5, 5.41) is 3.07. The van der Waals surface area contributed by atoms with E-state index in [9.17, 15) is 18.0 Å². The minimum Gasteiger partial charge on any atom is -0.336 e. The van der Waals surface area contributed by atoms with Crippen molar-refractivity contribution < 1.29 is 18.0 Å². The number of carbonyl (C=O) groups excluding carboxylic acids is 2. The molecular weight excluding hydrogens is 440 g/mol. The number of hydrogen-bond donors (Lipinski definition) is 2. The number of hydrogen-bond acceptors (Lipinski definition) is 5. The molecule has 1 atom stereocenters. The number of nitrogens with one attached hydrogen (secondary N) is 2. The van der Waals surface area contributed by atoms with E-state index in [1.54, 1.807) is 29.2 Å². The molecule has 10 heteroatoms. The minimum atomic E-state index is -3.87. The average Bonchev–Trinajstić information content (AvgIpc) is 2.74. The van der Waals surface area contributed by atoms with Crippen LogP contribution in [0.1, 0.15) is 17.3 Å². The van der Waals surface area contributed by atoms with E-state index in [2.05, 4.69) is 14.9 Å². The van der Waals surface area contributed by atoms with Gasteiger partial charge < -0.3 is 15.1 Å². The van der Waals surface area contributed by atoms with Gasteiger partial charge in [-0.1, -0.05) is 11.6 Å². The summed E-state index contributed by atoms with van der Waals surface area (Å²) in [7, 11) is -1.85. The van der Waals surface area contributed by atoms with E-state index < -0.39 is 22.0 Å². The van der Waals surface area contributed by atoms with Gasteiger partial charge in [0, 0.05) is 42.5 Å². The number of sulfonamides is 1. The van der Waals surface area contributed by atoms with Gasteiger partial charge in [0.25, 0.3) is 5.91 Å². The van der Waals surface area contributed by atoms with Gasteiger partial charge in [0.15, 0.2) is 0 Å².